The first-order chi connectivity index (χ1) is 13.8. The minimum Gasteiger partial charge on any atom is -0.490 e. The molecule has 2 aliphatic rings. The Bertz CT molecular complexity index is 556. The van der Waals surface area contributed by atoms with E-state index >= 15 is 0 Å². The molecule has 2 aliphatic carbocycles. The first-order valence-corrected chi connectivity index (χ1v) is 12.2. The van der Waals surface area contributed by atoms with Gasteiger partial charge in [0.25, 0.3) is 0 Å². The van der Waals surface area contributed by atoms with Crippen LogP contribution in [-0.2, 0) is 0 Å². The van der Waals surface area contributed by atoms with Crippen molar-refractivity contribution in [3.8, 4) is 5.75 Å². The van der Waals surface area contributed by atoms with Crippen molar-refractivity contribution in [3.05, 3.63) is 42.0 Å². The lowest BCUT2D eigenvalue weighted by Gasteiger charge is -2.28. The molecule has 0 amide bonds. The summed E-state index contributed by atoms with van der Waals surface area (Å²) in [6.07, 6.45) is 21.4. The van der Waals surface area contributed by atoms with Crippen molar-refractivity contribution in [1.29, 1.82) is 0 Å². The fourth-order valence-electron chi connectivity index (χ4n) is 5.50. The minimum absolute atomic E-state index is 0.705. The van der Waals surface area contributed by atoms with Crippen LogP contribution in [0.5, 0.6) is 5.75 Å². The third-order valence-corrected chi connectivity index (χ3v) is 7.24. The second-order valence-corrected chi connectivity index (χ2v) is 9.38. The summed E-state index contributed by atoms with van der Waals surface area (Å²) in [5, 5.41) is 0. The van der Waals surface area contributed by atoms with Crippen LogP contribution in [0.25, 0.3) is 0 Å². The fourth-order valence-corrected chi connectivity index (χ4v) is 5.50. The van der Waals surface area contributed by atoms with Crippen LogP contribution in [0.2, 0.25) is 0 Å². The summed E-state index contributed by atoms with van der Waals surface area (Å²) in [6, 6.07) is 8.96. The highest BCUT2D eigenvalue weighted by atomic mass is 16.5. The number of ether oxygens (including phenoxy) is 1. The molecular weight excluding hydrogens is 340 g/mol. The molecule has 0 aliphatic heterocycles. The lowest BCUT2D eigenvalue weighted by molar-refractivity contribution is 0.292. The molecule has 0 atom stereocenters. The van der Waals surface area contributed by atoms with E-state index in [1.807, 2.05) is 0 Å². The molecule has 0 saturated heterocycles. The van der Waals surface area contributed by atoms with Crippen LogP contribution in [0, 0.1) is 17.8 Å². The van der Waals surface area contributed by atoms with E-state index in [-0.39, 0.29) is 0 Å². The lowest BCUT2D eigenvalue weighted by Crippen LogP contribution is -2.13. The zero-order valence-corrected chi connectivity index (χ0v) is 18.4. The Kier molecular flexibility index (Phi) is 8.96. The molecule has 1 aromatic rings. The summed E-state index contributed by atoms with van der Waals surface area (Å²) >= 11 is 0. The molecule has 1 aromatic carbocycles. The Balaban J connectivity index is 1.36. The lowest BCUT2D eigenvalue weighted by atomic mass is 9.77. The van der Waals surface area contributed by atoms with Gasteiger partial charge in [0.15, 0.2) is 0 Å². The molecule has 0 unspecified atom stereocenters. The van der Waals surface area contributed by atoms with Gasteiger partial charge in [-0.1, -0.05) is 63.8 Å². The molecule has 1 nitrogen and oxygen atoms in total. The smallest absolute Gasteiger partial charge is 0.119 e. The fraction of sp³-hybridized carbons (Fsp3) is 0.704. The van der Waals surface area contributed by atoms with Crippen LogP contribution in [0.1, 0.15) is 102 Å². The van der Waals surface area contributed by atoms with Crippen LogP contribution in [0.4, 0.5) is 0 Å². The molecule has 28 heavy (non-hydrogen) atoms. The first kappa shape index (κ1) is 21.5. The Morgan fingerprint density at radius 1 is 0.786 bits per heavy atom. The van der Waals surface area contributed by atoms with Crippen LogP contribution < -0.4 is 4.74 Å². The van der Waals surface area contributed by atoms with Crippen molar-refractivity contribution in [2.75, 3.05) is 6.61 Å². The SMILES string of the molecule is CCCC1CCC(/C=C/COc2ccc(C3CCC(CCC)CC3)cc2)CC1. The zero-order valence-electron chi connectivity index (χ0n) is 18.4. The predicted octanol–water partition coefficient (Wildman–Crippen LogP) is 8.30. The average Bonchev–Trinajstić information content (AvgIpc) is 2.74. The van der Waals surface area contributed by atoms with E-state index in [9.17, 15) is 0 Å². The largest absolute Gasteiger partial charge is 0.490 e. The van der Waals surface area contributed by atoms with Gasteiger partial charge in [0, 0.05) is 0 Å². The zero-order chi connectivity index (χ0) is 19.6. The maximum atomic E-state index is 5.96. The van der Waals surface area contributed by atoms with Crippen LogP contribution in [0.3, 0.4) is 0 Å². The third-order valence-electron chi connectivity index (χ3n) is 7.24. The van der Waals surface area contributed by atoms with Gasteiger partial charge in [-0.25, -0.2) is 0 Å². The van der Waals surface area contributed by atoms with Crippen molar-refractivity contribution in [3.63, 3.8) is 0 Å². The Morgan fingerprint density at radius 3 is 1.93 bits per heavy atom. The molecule has 0 N–H and O–H groups in total. The third kappa shape index (κ3) is 6.68. The van der Waals surface area contributed by atoms with Gasteiger partial charge < -0.3 is 4.74 Å². The number of hydrogen-bond donors (Lipinski definition) is 0. The van der Waals surface area contributed by atoms with Gasteiger partial charge in [0.2, 0.25) is 0 Å². The molecular formula is C27H42O. The second kappa shape index (κ2) is 11.7. The Labute approximate surface area is 174 Å². The Morgan fingerprint density at radius 2 is 1.36 bits per heavy atom. The molecule has 2 fully saturated rings. The summed E-state index contributed by atoms with van der Waals surface area (Å²) in [5.74, 6) is 4.54. The Hall–Kier alpha value is -1.24. The van der Waals surface area contributed by atoms with E-state index in [0.29, 0.717) is 6.61 Å². The number of rotatable bonds is 9. The summed E-state index contributed by atoms with van der Waals surface area (Å²) in [6.45, 7) is 5.34. The van der Waals surface area contributed by atoms with E-state index in [4.69, 9.17) is 4.74 Å². The molecule has 0 spiro atoms. The van der Waals surface area contributed by atoms with Crippen molar-refractivity contribution in [2.24, 2.45) is 17.8 Å². The van der Waals surface area contributed by atoms with Gasteiger partial charge in [-0.2, -0.15) is 0 Å². The predicted molar refractivity (Wildman–Crippen MR) is 121 cm³/mol. The summed E-state index contributed by atoms with van der Waals surface area (Å²) in [7, 11) is 0. The highest BCUT2D eigenvalue weighted by Gasteiger charge is 2.21. The van der Waals surface area contributed by atoms with Gasteiger partial charge >= 0.3 is 0 Å². The molecule has 0 aromatic heterocycles. The van der Waals surface area contributed by atoms with Crippen molar-refractivity contribution in [2.45, 2.75) is 96.8 Å². The molecule has 3 rings (SSSR count). The molecule has 2 saturated carbocycles. The van der Waals surface area contributed by atoms with E-state index in [2.05, 4.69) is 50.3 Å². The van der Waals surface area contributed by atoms with E-state index in [0.717, 1.165) is 29.4 Å². The summed E-state index contributed by atoms with van der Waals surface area (Å²) in [4.78, 5) is 0. The molecule has 156 valence electrons. The first-order valence-electron chi connectivity index (χ1n) is 12.2. The average molecular weight is 383 g/mol. The maximum absolute atomic E-state index is 5.96. The van der Waals surface area contributed by atoms with Gasteiger partial charge in [0.05, 0.1) is 0 Å². The van der Waals surface area contributed by atoms with Crippen molar-refractivity contribution in [1.82, 2.24) is 0 Å². The second-order valence-electron chi connectivity index (χ2n) is 9.38. The number of benzene rings is 1. The highest BCUT2D eigenvalue weighted by Crippen LogP contribution is 2.38. The van der Waals surface area contributed by atoms with Gasteiger partial charge in [-0.3, -0.25) is 0 Å². The molecule has 0 bridgehead atoms. The van der Waals surface area contributed by atoms with Gasteiger partial charge in [0.1, 0.15) is 12.4 Å². The summed E-state index contributed by atoms with van der Waals surface area (Å²) in [5.41, 5.74) is 1.52. The summed E-state index contributed by atoms with van der Waals surface area (Å²) < 4.78 is 5.96. The maximum Gasteiger partial charge on any atom is 0.119 e. The van der Waals surface area contributed by atoms with Crippen LogP contribution in [-0.4, -0.2) is 6.61 Å². The van der Waals surface area contributed by atoms with Crippen LogP contribution >= 0.6 is 0 Å². The normalized spacial score (nSPS) is 28.5. The standard InChI is InChI=1S/C27H42O/c1-3-6-22-9-11-24(12-10-22)8-5-21-28-27-19-17-26(18-20-27)25-15-13-23(7-4-2)14-16-25/h5,8,17-20,22-25H,3-4,6-7,9-16,21H2,1-2H3/b8-5+. The molecule has 1 heteroatoms. The monoisotopic (exact) mass is 382 g/mol. The van der Waals surface area contributed by atoms with E-state index in [1.165, 1.54) is 82.6 Å². The minimum atomic E-state index is 0.705. The van der Waals surface area contributed by atoms with E-state index < -0.39 is 0 Å². The topological polar surface area (TPSA) is 9.23 Å². The molecule has 0 heterocycles. The van der Waals surface area contributed by atoms with Crippen molar-refractivity contribution >= 4 is 0 Å². The quantitative estimate of drug-likeness (QED) is 0.390. The van der Waals surface area contributed by atoms with Gasteiger partial charge in [-0.15, -0.1) is 0 Å². The highest BCUT2D eigenvalue weighted by molar-refractivity contribution is 5.29. The van der Waals surface area contributed by atoms with Crippen molar-refractivity contribution < 1.29 is 4.74 Å². The molecule has 0 radical (unpaired) electrons. The van der Waals surface area contributed by atoms with Gasteiger partial charge in [-0.05, 0) is 92.7 Å². The van der Waals surface area contributed by atoms with Crippen LogP contribution in [0.15, 0.2) is 36.4 Å². The number of hydrogen-bond acceptors (Lipinski definition) is 1. The van der Waals surface area contributed by atoms with E-state index in [1.54, 1.807) is 0 Å². The number of allylic oxidation sites excluding steroid dienone is 1.